The maximum atomic E-state index is 10.7. The van der Waals surface area contributed by atoms with Crippen LogP contribution < -0.4 is 10.6 Å². The Morgan fingerprint density at radius 1 is 1.36 bits per heavy atom. The molecular weight excluding hydrogens is 358 g/mol. The number of aromatic nitrogens is 2. The lowest BCUT2D eigenvalue weighted by atomic mass is 9.93. The van der Waals surface area contributed by atoms with Gasteiger partial charge in [0.05, 0.1) is 17.3 Å². The van der Waals surface area contributed by atoms with E-state index in [-0.39, 0.29) is 5.69 Å². The first-order valence-corrected chi connectivity index (χ1v) is 9.50. The Morgan fingerprint density at radius 3 is 2.79 bits per heavy atom. The monoisotopic (exact) mass is 385 g/mol. The molecule has 2 aromatic rings. The van der Waals surface area contributed by atoms with Crippen molar-refractivity contribution >= 4 is 17.3 Å². The fraction of sp³-hybridized carbons (Fsp3) is 0.474. The molecular formula is C19H27N7O2. The number of nitrogens with zero attached hydrogens (tertiary/aromatic N) is 5. The number of benzene rings is 1. The van der Waals surface area contributed by atoms with Gasteiger partial charge in [-0.05, 0) is 24.5 Å². The van der Waals surface area contributed by atoms with Crippen molar-refractivity contribution < 1.29 is 4.92 Å². The molecule has 2 atom stereocenters. The molecule has 0 amide bonds. The number of likely N-dealkylation sites (tertiary alicyclic amines) is 1. The Labute approximate surface area is 164 Å². The fourth-order valence-corrected chi connectivity index (χ4v) is 3.51. The number of nitrogens with one attached hydrogen (secondary N) is 2. The van der Waals surface area contributed by atoms with E-state index < -0.39 is 4.92 Å². The van der Waals surface area contributed by atoms with Crippen LogP contribution >= 0.6 is 0 Å². The maximum Gasteiger partial charge on any atom is 0.269 e. The van der Waals surface area contributed by atoms with E-state index in [0.717, 1.165) is 31.2 Å². The quantitative estimate of drug-likeness (QED) is 0.260. The summed E-state index contributed by atoms with van der Waals surface area (Å²) >= 11 is 0. The second-order valence-corrected chi connectivity index (χ2v) is 6.99. The number of guanidine groups is 1. The third kappa shape index (κ3) is 4.79. The number of hydrogen-bond donors (Lipinski definition) is 2. The van der Waals surface area contributed by atoms with Crippen LogP contribution in [0.15, 0.2) is 48.0 Å². The van der Waals surface area contributed by atoms with Crippen molar-refractivity contribution in [3.8, 4) is 0 Å². The Balaban J connectivity index is 1.48. The normalized spacial score (nSPS) is 20.1. The lowest BCUT2D eigenvalue weighted by Crippen LogP contribution is -2.49. The maximum absolute atomic E-state index is 10.7. The average Bonchev–Trinajstić information content (AvgIpc) is 3.24. The predicted octanol–water partition coefficient (Wildman–Crippen LogP) is 2.36. The molecule has 1 aromatic carbocycles. The van der Waals surface area contributed by atoms with Gasteiger partial charge in [-0.2, -0.15) is 0 Å². The molecule has 3 rings (SSSR count). The van der Waals surface area contributed by atoms with Crippen molar-refractivity contribution in [2.45, 2.75) is 19.4 Å². The van der Waals surface area contributed by atoms with Gasteiger partial charge in [-0.1, -0.05) is 6.92 Å². The Hall–Kier alpha value is -3.10. The molecule has 0 radical (unpaired) electrons. The number of nitro benzene ring substituents is 1. The Kier molecular flexibility index (Phi) is 6.46. The molecule has 1 fully saturated rings. The smallest absolute Gasteiger partial charge is 0.269 e. The van der Waals surface area contributed by atoms with E-state index in [1.807, 2.05) is 18.7 Å². The van der Waals surface area contributed by atoms with Gasteiger partial charge in [0.2, 0.25) is 0 Å². The van der Waals surface area contributed by atoms with Crippen molar-refractivity contribution in [1.29, 1.82) is 0 Å². The minimum absolute atomic E-state index is 0.0934. The van der Waals surface area contributed by atoms with E-state index in [1.54, 1.807) is 19.2 Å². The van der Waals surface area contributed by atoms with E-state index in [0.29, 0.717) is 25.0 Å². The molecule has 2 heterocycles. The van der Waals surface area contributed by atoms with Crippen LogP contribution in [0.1, 0.15) is 19.4 Å². The van der Waals surface area contributed by atoms with Crippen molar-refractivity contribution in [2.24, 2.45) is 10.9 Å². The zero-order chi connectivity index (χ0) is 19.9. The van der Waals surface area contributed by atoms with Crippen molar-refractivity contribution in [3.63, 3.8) is 0 Å². The zero-order valence-electron chi connectivity index (χ0n) is 16.3. The third-order valence-corrected chi connectivity index (χ3v) is 5.15. The number of anilines is 1. The summed E-state index contributed by atoms with van der Waals surface area (Å²) in [6, 6.07) is 6.82. The number of piperidine rings is 1. The lowest BCUT2D eigenvalue weighted by molar-refractivity contribution is -0.384. The Morgan fingerprint density at radius 2 is 2.14 bits per heavy atom. The number of aliphatic imine (C=N–C) groups is 1. The molecule has 0 aliphatic carbocycles. The highest BCUT2D eigenvalue weighted by molar-refractivity contribution is 5.80. The van der Waals surface area contributed by atoms with Gasteiger partial charge < -0.3 is 20.1 Å². The molecule has 1 saturated heterocycles. The standard InChI is InChI=1S/C19H27N7O2/c1-15-7-11-24(13-18(15)25-12-10-21-14-25)19(20-2)23-9-8-22-16-3-5-17(6-4-16)26(27)28/h3-6,10,12,14-15,18,22H,7-9,11,13H2,1-2H3,(H,20,23). The van der Waals surface area contributed by atoms with Crippen LogP contribution in [-0.4, -0.2) is 58.6 Å². The summed E-state index contributed by atoms with van der Waals surface area (Å²) in [6.07, 6.45) is 6.83. The highest BCUT2D eigenvalue weighted by atomic mass is 16.6. The van der Waals surface area contributed by atoms with E-state index >= 15 is 0 Å². The molecule has 9 heteroatoms. The van der Waals surface area contributed by atoms with Gasteiger partial charge in [-0.3, -0.25) is 15.1 Å². The second kappa shape index (κ2) is 9.20. The van der Waals surface area contributed by atoms with Gasteiger partial charge in [-0.25, -0.2) is 4.98 Å². The van der Waals surface area contributed by atoms with Crippen LogP contribution in [-0.2, 0) is 0 Å². The van der Waals surface area contributed by atoms with Gasteiger partial charge in [0.1, 0.15) is 0 Å². The van der Waals surface area contributed by atoms with Crippen molar-refractivity contribution in [3.05, 3.63) is 53.1 Å². The van der Waals surface area contributed by atoms with Gasteiger partial charge in [0.25, 0.3) is 5.69 Å². The molecule has 0 saturated carbocycles. The van der Waals surface area contributed by atoms with Crippen LogP contribution in [0.5, 0.6) is 0 Å². The number of rotatable bonds is 6. The molecule has 1 aliphatic heterocycles. The van der Waals surface area contributed by atoms with Gasteiger partial charge in [0, 0.05) is 63.4 Å². The van der Waals surface area contributed by atoms with E-state index in [4.69, 9.17) is 0 Å². The first-order chi connectivity index (χ1) is 13.6. The summed E-state index contributed by atoms with van der Waals surface area (Å²) in [7, 11) is 1.80. The molecule has 9 nitrogen and oxygen atoms in total. The summed E-state index contributed by atoms with van der Waals surface area (Å²) in [4.78, 5) is 21.2. The highest BCUT2D eigenvalue weighted by Gasteiger charge is 2.28. The number of hydrogen-bond acceptors (Lipinski definition) is 5. The summed E-state index contributed by atoms with van der Waals surface area (Å²) in [5, 5.41) is 17.4. The average molecular weight is 385 g/mol. The Bertz CT molecular complexity index is 789. The molecule has 2 N–H and O–H groups in total. The second-order valence-electron chi connectivity index (χ2n) is 6.99. The van der Waals surface area contributed by atoms with Crippen LogP contribution in [0.3, 0.4) is 0 Å². The van der Waals surface area contributed by atoms with Crippen molar-refractivity contribution in [2.75, 3.05) is 38.5 Å². The van der Waals surface area contributed by atoms with E-state index in [1.165, 1.54) is 12.1 Å². The van der Waals surface area contributed by atoms with Gasteiger partial charge in [0.15, 0.2) is 5.96 Å². The van der Waals surface area contributed by atoms with Crippen LogP contribution in [0.2, 0.25) is 0 Å². The van der Waals surface area contributed by atoms with Gasteiger partial charge in [-0.15, -0.1) is 0 Å². The summed E-state index contributed by atoms with van der Waals surface area (Å²) < 4.78 is 2.18. The van der Waals surface area contributed by atoms with E-state index in [2.05, 4.69) is 37.0 Å². The SMILES string of the molecule is CN=C(NCCNc1ccc([N+](=O)[O-])cc1)N1CCC(C)C(n2ccnc2)C1. The molecule has 1 aromatic heterocycles. The van der Waals surface area contributed by atoms with E-state index in [9.17, 15) is 10.1 Å². The molecule has 28 heavy (non-hydrogen) atoms. The minimum atomic E-state index is -0.397. The third-order valence-electron chi connectivity index (χ3n) is 5.15. The zero-order valence-corrected chi connectivity index (χ0v) is 16.3. The molecule has 2 unspecified atom stereocenters. The predicted molar refractivity (Wildman–Crippen MR) is 110 cm³/mol. The molecule has 1 aliphatic rings. The first-order valence-electron chi connectivity index (χ1n) is 9.50. The molecule has 0 bridgehead atoms. The van der Waals surface area contributed by atoms with Gasteiger partial charge >= 0.3 is 0 Å². The number of imidazole rings is 1. The lowest BCUT2D eigenvalue weighted by Gasteiger charge is -2.39. The summed E-state index contributed by atoms with van der Waals surface area (Å²) in [5.74, 6) is 1.48. The molecule has 150 valence electrons. The van der Waals surface area contributed by atoms with Crippen LogP contribution in [0.4, 0.5) is 11.4 Å². The fourth-order valence-electron chi connectivity index (χ4n) is 3.51. The molecule has 0 spiro atoms. The minimum Gasteiger partial charge on any atom is -0.383 e. The first kappa shape index (κ1) is 19.7. The number of nitro groups is 1. The topological polar surface area (TPSA) is 101 Å². The summed E-state index contributed by atoms with van der Waals surface area (Å²) in [6.45, 7) is 5.54. The van der Waals surface area contributed by atoms with Crippen LogP contribution in [0, 0.1) is 16.0 Å². The van der Waals surface area contributed by atoms with Crippen molar-refractivity contribution in [1.82, 2.24) is 19.8 Å². The summed E-state index contributed by atoms with van der Waals surface area (Å²) in [5.41, 5.74) is 0.949. The number of non-ortho nitro benzene ring substituents is 1. The highest BCUT2D eigenvalue weighted by Crippen LogP contribution is 2.27. The largest absolute Gasteiger partial charge is 0.383 e. The van der Waals surface area contributed by atoms with Crippen LogP contribution in [0.25, 0.3) is 0 Å².